The first kappa shape index (κ1) is 17.5. The second-order valence-corrected chi connectivity index (χ2v) is 6.32. The molecule has 0 bridgehead atoms. The second-order valence-electron chi connectivity index (χ2n) is 6.32. The van der Waals surface area contributed by atoms with E-state index in [1.54, 1.807) is 31.2 Å². The summed E-state index contributed by atoms with van der Waals surface area (Å²) in [6.45, 7) is 2.85. The topological polar surface area (TPSA) is 55.4 Å². The van der Waals surface area contributed by atoms with Crippen molar-refractivity contribution >= 4 is 11.7 Å². The van der Waals surface area contributed by atoms with Gasteiger partial charge in [0.1, 0.15) is 5.75 Å². The molecule has 0 heterocycles. The first-order valence-corrected chi connectivity index (χ1v) is 8.65. The predicted molar refractivity (Wildman–Crippen MR) is 90.8 cm³/mol. The van der Waals surface area contributed by atoms with E-state index in [1.807, 2.05) is 0 Å². The minimum absolute atomic E-state index is 0.0471. The van der Waals surface area contributed by atoms with Gasteiger partial charge < -0.3 is 10.1 Å². The molecule has 1 amide bonds. The maximum Gasteiger partial charge on any atom is 0.220 e. The summed E-state index contributed by atoms with van der Waals surface area (Å²) in [7, 11) is 0. The molecule has 0 saturated heterocycles. The molecular formula is C19H27NO3. The monoisotopic (exact) mass is 317 g/mol. The minimum atomic E-state index is 0.0471. The lowest BCUT2D eigenvalue weighted by molar-refractivity contribution is -0.121. The SMILES string of the molecule is CC(=O)c1ccc(OCCCC(=O)NCCC2CCCC2)cc1. The lowest BCUT2D eigenvalue weighted by Gasteiger charge is -2.10. The summed E-state index contributed by atoms with van der Waals surface area (Å²) in [6, 6.07) is 7.09. The number of amides is 1. The van der Waals surface area contributed by atoms with Crippen LogP contribution in [0.15, 0.2) is 24.3 Å². The Morgan fingerprint density at radius 3 is 2.52 bits per heavy atom. The van der Waals surface area contributed by atoms with Crippen molar-refractivity contribution < 1.29 is 14.3 Å². The number of carbonyl (C=O) groups excluding carboxylic acids is 2. The number of Topliss-reactive ketones (excluding diaryl/α,β-unsaturated/α-hetero) is 1. The third kappa shape index (κ3) is 6.43. The van der Waals surface area contributed by atoms with Gasteiger partial charge in [-0.15, -0.1) is 0 Å². The van der Waals surface area contributed by atoms with Gasteiger partial charge in [0.05, 0.1) is 6.61 Å². The first-order valence-electron chi connectivity index (χ1n) is 8.65. The van der Waals surface area contributed by atoms with E-state index in [-0.39, 0.29) is 11.7 Å². The maximum absolute atomic E-state index is 11.7. The highest BCUT2D eigenvalue weighted by Gasteiger charge is 2.14. The Balaban J connectivity index is 1.53. The summed E-state index contributed by atoms with van der Waals surface area (Å²) >= 11 is 0. The molecule has 1 fully saturated rings. The van der Waals surface area contributed by atoms with Crippen molar-refractivity contribution in [2.24, 2.45) is 5.92 Å². The van der Waals surface area contributed by atoms with E-state index in [0.717, 1.165) is 24.6 Å². The van der Waals surface area contributed by atoms with E-state index in [4.69, 9.17) is 4.74 Å². The fourth-order valence-electron chi connectivity index (χ4n) is 3.01. The molecule has 4 heteroatoms. The summed E-state index contributed by atoms with van der Waals surface area (Å²) in [5, 5.41) is 3.00. The fourth-order valence-corrected chi connectivity index (χ4v) is 3.01. The molecule has 0 spiro atoms. The first-order chi connectivity index (χ1) is 11.1. The standard InChI is InChI=1S/C19H27NO3/c1-15(21)17-8-10-18(11-9-17)23-14-4-7-19(22)20-13-12-16-5-2-3-6-16/h8-11,16H,2-7,12-14H2,1H3,(H,20,22). The molecule has 23 heavy (non-hydrogen) atoms. The molecule has 1 aliphatic carbocycles. The highest BCUT2D eigenvalue weighted by atomic mass is 16.5. The van der Waals surface area contributed by atoms with Crippen molar-refractivity contribution in [3.8, 4) is 5.75 Å². The number of rotatable bonds is 9. The van der Waals surface area contributed by atoms with Gasteiger partial charge in [0.25, 0.3) is 0 Å². The van der Waals surface area contributed by atoms with E-state index in [0.29, 0.717) is 25.0 Å². The predicted octanol–water partition coefficient (Wildman–Crippen LogP) is 3.74. The smallest absolute Gasteiger partial charge is 0.220 e. The molecule has 0 unspecified atom stereocenters. The van der Waals surface area contributed by atoms with Crippen molar-refractivity contribution in [1.82, 2.24) is 5.32 Å². The van der Waals surface area contributed by atoms with Crippen LogP contribution in [0.1, 0.15) is 62.2 Å². The highest BCUT2D eigenvalue weighted by Crippen LogP contribution is 2.26. The molecule has 0 radical (unpaired) electrons. The van der Waals surface area contributed by atoms with E-state index in [2.05, 4.69) is 5.32 Å². The van der Waals surface area contributed by atoms with Crippen LogP contribution in [0.25, 0.3) is 0 Å². The summed E-state index contributed by atoms with van der Waals surface area (Å²) in [5.41, 5.74) is 0.680. The molecule has 2 rings (SSSR count). The van der Waals surface area contributed by atoms with Crippen molar-refractivity contribution in [3.05, 3.63) is 29.8 Å². The molecule has 1 aromatic carbocycles. The minimum Gasteiger partial charge on any atom is -0.494 e. The van der Waals surface area contributed by atoms with Crippen LogP contribution in [-0.2, 0) is 4.79 Å². The van der Waals surface area contributed by atoms with Crippen LogP contribution in [0.4, 0.5) is 0 Å². The summed E-state index contributed by atoms with van der Waals surface area (Å²) in [6.07, 6.45) is 7.66. The Bertz CT molecular complexity index is 504. The van der Waals surface area contributed by atoms with E-state index >= 15 is 0 Å². The summed E-state index contributed by atoms with van der Waals surface area (Å²) < 4.78 is 5.59. The molecule has 0 aromatic heterocycles. The van der Waals surface area contributed by atoms with Gasteiger partial charge in [0, 0.05) is 18.5 Å². The number of carbonyl (C=O) groups is 2. The van der Waals surface area contributed by atoms with Gasteiger partial charge in [-0.25, -0.2) is 0 Å². The number of hydrogen-bond donors (Lipinski definition) is 1. The molecular weight excluding hydrogens is 290 g/mol. The van der Waals surface area contributed by atoms with Crippen molar-refractivity contribution in [3.63, 3.8) is 0 Å². The third-order valence-corrected chi connectivity index (χ3v) is 4.43. The Morgan fingerprint density at radius 2 is 1.87 bits per heavy atom. The van der Waals surface area contributed by atoms with Crippen LogP contribution in [0.2, 0.25) is 0 Å². The largest absolute Gasteiger partial charge is 0.494 e. The van der Waals surface area contributed by atoms with Crippen LogP contribution < -0.4 is 10.1 Å². The average molecular weight is 317 g/mol. The quantitative estimate of drug-likeness (QED) is 0.557. The van der Waals surface area contributed by atoms with Crippen LogP contribution in [-0.4, -0.2) is 24.8 Å². The van der Waals surface area contributed by atoms with Gasteiger partial charge in [-0.2, -0.15) is 0 Å². The second kappa shape index (κ2) is 9.33. The van der Waals surface area contributed by atoms with Gasteiger partial charge in [0.15, 0.2) is 5.78 Å². The molecule has 1 N–H and O–H groups in total. The van der Waals surface area contributed by atoms with Gasteiger partial charge in [-0.05, 0) is 49.9 Å². The van der Waals surface area contributed by atoms with Crippen LogP contribution in [0.5, 0.6) is 5.75 Å². The molecule has 0 aliphatic heterocycles. The van der Waals surface area contributed by atoms with Crippen molar-refractivity contribution in [1.29, 1.82) is 0 Å². The Labute approximate surface area is 138 Å². The Hall–Kier alpha value is -1.84. The molecule has 1 aliphatic rings. The van der Waals surface area contributed by atoms with E-state index in [9.17, 15) is 9.59 Å². The normalized spacial score (nSPS) is 14.7. The zero-order valence-corrected chi connectivity index (χ0v) is 14.0. The molecule has 126 valence electrons. The van der Waals surface area contributed by atoms with E-state index < -0.39 is 0 Å². The van der Waals surface area contributed by atoms with Crippen LogP contribution in [0.3, 0.4) is 0 Å². The van der Waals surface area contributed by atoms with Crippen LogP contribution >= 0.6 is 0 Å². The highest BCUT2D eigenvalue weighted by molar-refractivity contribution is 5.94. The van der Waals surface area contributed by atoms with Gasteiger partial charge in [-0.3, -0.25) is 9.59 Å². The van der Waals surface area contributed by atoms with E-state index in [1.165, 1.54) is 25.7 Å². The molecule has 1 aromatic rings. The van der Waals surface area contributed by atoms with Crippen molar-refractivity contribution in [2.75, 3.05) is 13.2 Å². The van der Waals surface area contributed by atoms with Crippen molar-refractivity contribution in [2.45, 2.75) is 51.9 Å². The average Bonchev–Trinajstić information content (AvgIpc) is 3.05. The molecule has 1 saturated carbocycles. The number of hydrogen-bond acceptors (Lipinski definition) is 3. The zero-order valence-electron chi connectivity index (χ0n) is 14.0. The van der Waals surface area contributed by atoms with Crippen LogP contribution in [0, 0.1) is 5.92 Å². The zero-order chi connectivity index (χ0) is 16.5. The molecule has 4 nitrogen and oxygen atoms in total. The molecule has 0 atom stereocenters. The number of nitrogens with one attached hydrogen (secondary N) is 1. The number of ether oxygens (including phenoxy) is 1. The fraction of sp³-hybridized carbons (Fsp3) is 0.579. The third-order valence-electron chi connectivity index (χ3n) is 4.43. The Kier molecular flexibility index (Phi) is 7.11. The van der Waals surface area contributed by atoms with Gasteiger partial charge in [0.2, 0.25) is 5.91 Å². The lowest BCUT2D eigenvalue weighted by atomic mass is 10.0. The number of ketones is 1. The van der Waals surface area contributed by atoms with Gasteiger partial charge in [-0.1, -0.05) is 25.7 Å². The Morgan fingerprint density at radius 1 is 1.17 bits per heavy atom. The number of benzene rings is 1. The lowest BCUT2D eigenvalue weighted by Crippen LogP contribution is -2.25. The van der Waals surface area contributed by atoms with Gasteiger partial charge >= 0.3 is 0 Å². The maximum atomic E-state index is 11.7. The summed E-state index contributed by atoms with van der Waals surface area (Å²) in [4.78, 5) is 22.9. The summed E-state index contributed by atoms with van der Waals surface area (Å²) in [5.74, 6) is 1.71.